The second-order valence-corrected chi connectivity index (χ2v) is 11.0. The maximum Gasteiger partial charge on any atom is 0.417 e. The summed E-state index contributed by atoms with van der Waals surface area (Å²) in [5.41, 5.74) is -1.34. The number of carbonyl (C=O) groups is 1. The van der Waals surface area contributed by atoms with Crippen molar-refractivity contribution < 1.29 is 40.6 Å². The van der Waals surface area contributed by atoms with Crippen LogP contribution >= 0.6 is 0 Å². The highest BCUT2D eigenvalue weighted by atomic mass is 32.2. The van der Waals surface area contributed by atoms with E-state index in [9.17, 15) is 35.9 Å². The predicted molar refractivity (Wildman–Crippen MR) is 137 cm³/mol. The zero-order chi connectivity index (χ0) is 28.5. The average Bonchev–Trinajstić information content (AvgIpc) is 2.87. The highest BCUT2D eigenvalue weighted by Gasteiger charge is 2.38. The molecule has 3 aromatic rings. The topological polar surface area (TPSA) is 95.9 Å². The third-order valence-corrected chi connectivity index (χ3v) is 8.05. The van der Waals surface area contributed by atoms with Crippen molar-refractivity contribution in [3.8, 4) is 5.75 Å². The molecule has 208 valence electrons. The van der Waals surface area contributed by atoms with Crippen LogP contribution in [0.3, 0.4) is 0 Å². The monoisotopic (exact) mass is 566 g/mol. The molecule has 0 saturated heterocycles. The maximum atomic E-state index is 13.7. The van der Waals surface area contributed by atoms with Gasteiger partial charge in [-0.2, -0.15) is 13.2 Å². The second-order valence-electron chi connectivity index (χ2n) is 9.11. The first-order valence-electron chi connectivity index (χ1n) is 12.1. The quantitative estimate of drug-likeness (QED) is 0.374. The number of aliphatic hydroxyl groups excluding tert-OH is 1. The van der Waals surface area contributed by atoms with E-state index in [1.54, 1.807) is 6.92 Å². The third-order valence-electron chi connectivity index (χ3n) is 6.25. The number of halogens is 4. The van der Waals surface area contributed by atoms with Crippen molar-refractivity contribution in [3.05, 3.63) is 83.2 Å². The van der Waals surface area contributed by atoms with Crippen molar-refractivity contribution >= 4 is 27.3 Å². The summed E-state index contributed by atoms with van der Waals surface area (Å²) in [6.07, 6.45) is -6.01. The van der Waals surface area contributed by atoms with Crippen molar-refractivity contribution in [3.63, 3.8) is 0 Å². The molecule has 0 radical (unpaired) electrons. The number of benzene rings is 3. The van der Waals surface area contributed by atoms with Gasteiger partial charge in [-0.15, -0.1) is 0 Å². The van der Waals surface area contributed by atoms with Gasteiger partial charge in [-0.25, -0.2) is 12.8 Å². The Labute approximate surface area is 223 Å². The fourth-order valence-corrected chi connectivity index (χ4v) is 5.82. The van der Waals surface area contributed by atoms with Gasteiger partial charge in [0.2, 0.25) is 0 Å². The normalized spacial score (nSPS) is 16.3. The van der Waals surface area contributed by atoms with Crippen LogP contribution in [0.4, 0.5) is 28.9 Å². The number of hydrogen-bond donors (Lipinski definition) is 2. The highest BCUT2D eigenvalue weighted by Crippen LogP contribution is 2.40. The van der Waals surface area contributed by atoms with Crippen LogP contribution in [-0.4, -0.2) is 38.2 Å². The SMILES string of the molecule is CCCc1cccc(C(F)(F)F)c1C(=O)Nc1ccc2c(c1)N(S(=O)(=O)c1ccc(F)cc1)CC(C(C)O)O2. The first-order valence-corrected chi connectivity index (χ1v) is 13.5. The number of nitrogens with one attached hydrogen (secondary N) is 1. The van der Waals surface area contributed by atoms with Crippen LogP contribution in [0.1, 0.15) is 41.8 Å². The molecule has 0 fully saturated rings. The number of sulfonamides is 1. The van der Waals surface area contributed by atoms with Crippen LogP contribution in [0.5, 0.6) is 5.75 Å². The number of alkyl halides is 3. The summed E-state index contributed by atoms with van der Waals surface area (Å²) >= 11 is 0. The van der Waals surface area contributed by atoms with Crippen LogP contribution in [0.15, 0.2) is 65.6 Å². The molecule has 1 heterocycles. The highest BCUT2D eigenvalue weighted by molar-refractivity contribution is 7.92. The van der Waals surface area contributed by atoms with Crippen LogP contribution in [0.25, 0.3) is 0 Å². The molecule has 0 spiro atoms. The van der Waals surface area contributed by atoms with E-state index in [0.717, 1.165) is 34.6 Å². The smallest absolute Gasteiger partial charge is 0.417 e. The molecule has 1 aliphatic rings. The molecule has 39 heavy (non-hydrogen) atoms. The molecule has 12 heteroatoms. The molecule has 7 nitrogen and oxygen atoms in total. The van der Waals surface area contributed by atoms with Gasteiger partial charge in [0, 0.05) is 5.69 Å². The van der Waals surface area contributed by atoms with Gasteiger partial charge < -0.3 is 15.2 Å². The Balaban J connectivity index is 1.76. The Hall–Kier alpha value is -3.64. The van der Waals surface area contributed by atoms with E-state index in [0.29, 0.717) is 6.42 Å². The van der Waals surface area contributed by atoms with Crippen molar-refractivity contribution in [1.82, 2.24) is 0 Å². The van der Waals surface area contributed by atoms with Crippen molar-refractivity contribution in [2.45, 2.75) is 50.0 Å². The molecule has 2 N–H and O–H groups in total. The third kappa shape index (κ3) is 5.86. The lowest BCUT2D eigenvalue weighted by Crippen LogP contribution is -2.47. The first-order chi connectivity index (χ1) is 18.3. The predicted octanol–water partition coefficient (Wildman–Crippen LogP) is 5.39. The number of ether oxygens (including phenoxy) is 1. The molecule has 0 aliphatic carbocycles. The summed E-state index contributed by atoms with van der Waals surface area (Å²) < 4.78 is 88.4. The molecule has 1 amide bonds. The van der Waals surface area contributed by atoms with Gasteiger partial charge >= 0.3 is 6.18 Å². The molecule has 2 atom stereocenters. The Bertz CT molecular complexity index is 1470. The number of nitrogens with zero attached hydrogens (tertiary/aromatic N) is 1. The van der Waals surface area contributed by atoms with Crippen molar-refractivity contribution in [1.29, 1.82) is 0 Å². The fourth-order valence-electron chi connectivity index (χ4n) is 4.34. The number of rotatable bonds is 7. The van der Waals surface area contributed by atoms with Gasteiger partial charge in [-0.1, -0.05) is 25.5 Å². The Morgan fingerprint density at radius 1 is 1.15 bits per heavy atom. The number of amides is 1. The van der Waals surface area contributed by atoms with Crippen molar-refractivity contribution in [2.24, 2.45) is 0 Å². The van der Waals surface area contributed by atoms with Gasteiger partial charge in [0.15, 0.2) is 0 Å². The summed E-state index contributed by atoms with van der Waals surface area (Å²) in [5, 5.41) is 12.6. The fraction of sp³-hybridized carbons (Fsp3) is 0.296. The average molecular weight is 567 g/mol. The molecular formula is C27H26F4N2O5S. The van der Waals surface area contributed by atoms with Gasteiger partial charge in [-0.05, 0) is 67.4 Å². The van der Waals surface area contributed by atoms with Crippen LogP contribution in [0.2, 0.25) is 0 Å². The number of anilines is 2. The molecule has 0 saturated carbocycles. The van der Waals surface area contributed by atoms with Crippen LogP contribution in [-0.2, 0) is 22.6 Å². The molecule has 0 bridgehead atoms. The first kappa shape index (κ1) is 28.4. The molecule has 4 rings (SSSR count). The number of aryl methyl sites for hydroxylation is 1. The minimum absolute atomic E-state index is 0.00749. The zero-order valence-corrected chi connectivity index (χ0v) is 21.8. The summed E-state index contributed by atoms with van der Waals surface area (Å²) in [6.45, 7) is 2.90. The van der Waals surface area contributed by atoms with Crippen molar-refractivity contribution in [2.75, 3.05) is 16.2 Å². The van der Waals surface area contributed by atoms with Gasteiger partial charge in [-0.3, -0.25) is 9.10 Å². The van der Waals surface area contributed by atoms with Gasteiger partial charge in [0.05, 0.1) is 34.4 Å². The van der Waals surface area contributed by atoms with Crippen LogP contribution < -0.4 is 14.4 Å². The number of hydrogen-bond acceptors (Lipinski definition) is 5. The summed E-state index contributed by atoms with van der Waals surface area (Å²) in [5.74, 6) is -1.57. The largest absolute Gasteiger partial charge is 0.484 e. The maximum absolute atomic E-state index is 13.7. The summed E-state index contributed by atoms with van der Waals surface area (Å²) in [7, 11) is -4.28. The van der Waals surface area contributed by atoms with E-state index in [2.05, 4.69) is 5.32 Å². The van der Waals surface area contributed by atoms with E-state index in [4.69, 9.17) is 4.74 Å². The van der Waals surface area contributed by atoms with E-state index in [1.807, 2.05) is 0 Å². The molecule has 1 aliphatic heterocycles. The Morgan fingerprint density at radius 3 is 2.46 bits per heavy atom. The molecule has 3 aromatic carbocycles. The lowest BCUT2D eigenvalue weighted by Gasteiger charge is -2.36. The lowest BCUT2D eigenvalue weighted by atomic mass is 9.96. The summed E-state index contributed by atoms with van der Waals surface area (Å²) in [4.78, 5) is 13.0. The van der Waals surface area contributed by atoms with E-state index >= 15 is 0 Å². The molecule has 2 unspecified atom stereocenters. The minimum atomic E-state index is -4.77. The standard InChI is InChI=1S/C27H26F4N2O5S/c1-3-5-17-6-4-7-21(27(29,30)31)25(17)26(35)32-19-10-13-23-22(14-19)33(15-24(38-23)16(2)34)39(36,37)20-11-8-18(28)9-12-20/h4,6-14,16,24,34H,3,5,15H2,1-2H3,(H,32,35). The minimum Gasteiger partial charge on any atom is -0.484 e. The number of carbonyl (C=O) groups excluding carboxylic acids is 1. The number of aliphatic hydroxyl groups is 1. The van der Waals surface area contributed by atoms with E-state index in [1.165, 1.54) is 37.3 Å². The van der Waals surface area contributed by atoms with E-state index in [-0.39, 0.29) is 40.5 Å². The second kappa shape index (κ2) is 10.9. The Morgan fingerprint density at radius 2 is 1.85 bits per heavy atom. The van der Waals surface area contributed by atoms with E-state index < -0.39 is 51.3 Å². The lowest BCUT2D eigenvalue weighted by molar-refractivity contribution is -0.137. The molecule has 0 aromatic heterocycles. The van der Waals surface area contributed by atoms with Gasteiger partial charge in [0.1, 0.15) is 17.7 Å². The molecular weight excluding hydrogens is 540 g/mol. The van der Waals surface area contributed by atoms with Gasteiger partial charge in [0.25, 0.3) is 15.9 Å². The number of fused-ring (bicyclic) bond motifs is 1. The Kier molecular flexibility index (Phi) is 7.89. The zero-order valence-electron chi connectivity index (χ0n) is 21.0. The van der Waals surface area contributed by atoms with Crippen LogP contribution in [0, 0.1) is 5.82 Å². The summed E-state index contributed by atoms with van der Waals surface area (Å²) in [6, 6.07) is 11.7.